The molecule has 0 saturated heterocycles. The molecule has 0 spiro atoms. The number of halogens is 1. The van der Waals surface area contributed by atoms with E-state index in [9.17, 15) is 4.21 Å². The zero-order valence-electron chi connectivity index (χ0n) is 7.11. The highest BCUT2D eigenvalue weighted by Crippen LogP contribution is 2.24. The van der Waals surface area contributed by atoms with E-state index in [4.69, 9.17) is 16.2 Å². The number of fused-ring (bicyclic) bond motifs is 1. The van der Waals surface area contributed by atoms with Crippen LogP contribution in [0, 0.1) is 0 Å². The lowest BCUT2D eigenvalue weighted by Crippen LogP contribution is -1.89. The second-order valence-electron chi connectivity index (χ2n) is 2.87. The minimum Gasteiger partial charge on any atom is -0.302 e. The molecule has 2 aromatic rings. The quantitative estimate of drug-likeness (QED) is 0.759. The molecule has 14 heavy (non-hydrogen) atoms. The third-order valence-electron chi connectivity index (χ3n) is 1.99. The van der Waals surface area contributed by atoms with Gasteiger partial charge in [0.1, 0.15) is 0 Å². The number of rotatable bonds is 1. The van der Waals surface area contributed by atoms with E-state index in [1.807, 2.05) is 12.1 Å². The Balaban J connectivity index is 2.84. The van der Waals surface area contributed by atoms with Gasteiger partial charge in [-0.1, -0.05) is 29.8 Å². The maximum atomic E-state index is 11.0. The first kappa shape index (κ1) is 9.65. The Kier molecular flexibility index (Phi) is 2.54. The topological polar surface area (TPSA) is 37.3 Å². The third-order valence-corrected chi connectivity index (χ3v) is 2.96. The Morgan fingerprint density at radius 3 is 2.71 bits per heavy atom. The summed E-state index contributed by atoms with van der Waals surface area (Å²) in [5.74, 6) is 0. The minimum atomic E-state index is -1.97. The summed E-state index contributed by atoms with van der Waals surface area (Å²) in [6, 6.07) is 10.5. The summed E-state index contributed by atoms with van der Waals surface area (Å²) in [6.07, 6.45) is 0. The average molecular weight is 227 g/mol. The molecule has 0 aliphatic carbocycles. The van der Waals surface area contributed by atoms with E-state index in [2.05, 4.69) is 0 Å². The van der Waals surface area contributed by atoms with Crippen LogP contribution >= 0.6 is 11.6 Å². The van der Waals surface area contributed by atoms with Gasteiger partial charge in [0.05, 0.1) is 4.90 Å². The van der Waals surface area contributed by atoms with Gasteiger partial charge in [0.15, 0.2) is 11.1 Å². The highest BCUT2D eigenvalue weighted by atomic mass is 35.5. The molecule has 72 valence electrons. The summed E-state index contributed by atoms with van der Waals surface area (Å²) in [6.45, 7) is 0. The van der Waals surface area contributed by atoms with Crippen molar-refractivity contribution < 1.29 is 8.76 Å². The molecule has 0 aromatic heterocycles. The Labute approximate surface area is 88.8 Å². The summed E-state index contributed by atoms with van der Waals surface area (Å²) in [5, 5.41) is 2.20. The predicted molar refractivity (Wildman–Crippen MR) is 58.0 cm³/mol. The lowest BCUT2D eigenvalue weighted by Gasteiger charge is -2.02. The van der Waals surface area contributed by atoms with Gasteiger partial charge in [-0.25, -0.2) is 4.21 Å². The van der Waals surface area contributed by atoms with Crippen LogP contribution in [0.2, 0.25) is 5.02 Å². The van der Waals surface area contributed by atoms with Crippen LogP contribution in [-0.2, 0) is 11.1 Å². The van der Waals surface area contributed by atoms with E-state index in [1.165, 1.54) is 0 Å². The molecule has 2 nitrogen and oxygen atoms in total. The Morgan fingerprint density at radius 1 is 1.21 bits per heavy atom. The third kappa shape index (κ3) is 1.66. The molecule has 1 N–H and O–H groups in total. The van der Waals surface area contributed by atoms with Gasteiger partial charge in [-0.3, -0.25) is 0 Å². The molecule has 0 saturated carbocycles. The average Bonchev–Trinajstić information content (AvgIpc) is 2.16. The summed E-state index contributed by atoms with van der Waals surface area (Å²) < 4.78 is 20.0. The van der Waals surface area contributed by atoms with Gasteiger partial charge >= 0.3 is 0 Å². The second-order valence-corrected chi connectivity index (χ2v) is 4.25. The van der Waals surface area contributed by atoms with Gasteiger partial charge in [-0.05, 0) is 23.6 Å². The first-order valence-electron chi connectivity index (χ1n) is 3.97. The van der Waals surface area contributed by atoms with Crippen molar-refractivity contribution in [1.29, 1.82) is 0 Å². The molecule has 2 aromatic carbocycles. The SMILES string of the molecule is O=S(O)c1cccc2ccc(Cl)cc12. The fraction of sp³-hybridized carbons (Fsp3) is 0. The van der Waals surface area contributed by atoms with Crippen molar-refractivity contribution in [3.05, 3.63) is 41.4 Å². The van der Waals surface area contributed by atoms with E-state index in [0.29, 0.717) is 9.92 Å². The molecule has 0 amide bonds. The van der Waals surface area contributed by atoms with Crippen LogP contribution in [-0.4, -0.2) is 8.76 Å². The summed E-state index contributed by atoms with van der Waals surface area (Å²) >= 11 is 3.84. The molecular formula is C10H7ClO2S. The lowest BCUT2D eigenvalue weighted by molar-refractivity contribution is 0.565. The molecule has 1 unspecified atom stereocenters. The standard InChI is InChI=1S/C10H7ClO2S/c11-8-5-4-7-2-1-3-10(14(12)13)9(7)6-8/h1-6H,(H,12,13). The van der Waals surface area contributed by atoms with Crippen LogP contribution in [0.15, 0.2) is 41.3 Å². The predicted octanol–water partition coefficient (Wildman–Crippen LogP) is 3.07. The zero-order chi connectivity index (χ0) is 10.1. The van der Waals surface area contributed by atoms with Crippen LogP contribution in [0.4, 0.5) is 0 Å². The maximum absolute atomic E-state index is 11.0. The van der Waals surface area contributed by atoms with Crippen LogP contribution < -0.4 is 0 Å². The molecule has 0 radical (unpaired) electrons. The molecular weight excluding hydrogens is 220 g/mol. The first-order valence-corrected chi connectivity index (χ1v) is 5.46. The van der Waals surface area contributed by atoms with Crippen molar-refractivity contribution in [2.75, 3.05) is 0 Å². The smallest absolute Gasteiger partial charge is 0.187 e. The summed E-state index contributed by atoms with van der Waals surface area (Å²) in [5.41, 5.74) is 0. The Morgan fingerprint density at radius 2 is 2.00 bits per heavy atom. The number of benzene rings is 2. The van der Waals surface area contributed by atoms with Gasteiger partial charge < -0.3 is 4.55 Å². The van der Waals surface area contributed by atoms with E-state index in [-0.39, 0.29) is 0 Å². The fourth-order valence-corrected chi connectivity index (χ4v) is 2.10. The van der Waals surface area contributed by atoms with Crippen LogP contribution in [0.25, 0.3) is 10.8 Å². The van der Waals surface area contributed by atoms with Crippen molar-refractivity contribution in [2.24, 2.45) is 0 Å². The molecule has 0 aliphatic rings. The van der Waals surface area contributed by atoms with E-state index >= 15 is 0 Å². The maximum Gasteiger partial charge on any atom is 0.187 e. The monoisotopic (exact) mass is 226 g/mol. The van der Waals surface area contributed by atoms with Gasteiger partial charge in [-0.2, -0.15) is 0 Å². The number of hydrogen-bond donors (Lipinski definition) is 1. The van der Waals surface area contributed by atoms with Crippen molar-refractivity contribution in [2.45, 2.75) is 4.90 Å². The van der Waals surface area contributed by atoms with Crippen molar-refractivity contribution >= 4 is 33.5 Å². The second kappa shape index (κ2) is 3.69. The molecule has 1 atom stereocenters. The molecule has 0 fully saturated rings. The Hall–Kier alpha value is -0.900. The van der Waals surface area contributed by atoms with E-state index in [0.717, 1.165) is 10.8 Å². The highest BCUT2D eigenvalue weighted by Gasteiger charge is 2.05. The normalized spacial score (nSPS) is 13.0. The zero-order valence-corrected chi connectivity index (χ0v) is 8.68. The van der Waals surface area contributed by atoms with Crippen LogP contribution in [0.1, 0.15) is 0 Å². The molecule has 4 heteroatoms. The van der Waals surface area contributed by atoms with Crippen molar-refractivity contribution in [3.63, 3.8) is 0 Å². The van der Waals surface area contributed by atoms with Crippen LogP contribution in [0.5, 0.6) is 0 Å². The molecule has 0 heterocycles. The highest BCUT2D eigenvalue weighted by molar-refractivity contribution is 7.79. The molecule has 0 bridgehead atoms. The van der Waals surface area contributed by atoms with Gasteiger partial charge in [0.2, 0.25) is 0 Å². The van der Waals surface area contributed by atoms with Gasteiger partial charge in [0, 0.05) is 10.4 Å². The Bertz CT molecular complexity index is 510. The van der Waals surface area contributed by atoms with E-state index < -0.39 is 11.1 Å². The minimum absolute atomic E-state index is 0.394. The van der Waals surface area contributed by atoms with Gasteiger partial charge in [-0.15, -0.1) is 0 Å². The lowest BCUT2D eigenvalue weighted by atomic mass is 10.1. The van der Waals surface area contributed by atoms with Crippen molar-refractivity contribution in [1.82, 2.24) is 0 Å². The summed E-state index contributed by atoms with van der Waals surface area (Å²) in [4.78, 5) is 0.394. The molecule has 2 rings (SSSR count). The largest absolute Gasteiger partial charge is 0.302 e. The first-order chi connectivity index (χ1) is 6.68. The molecule has 0 aliphatic heterocycles. The fourth-order valence-electron chi connectivity index (χ4n) is 1.37. The van der Waals surface area contributed by atoms with E-state index in [1.54, 1.807) is 24.3 Å². The van der Waals surface area contributed by atoms with Crippen LogP contribution in [0.3, 0.4) is 0 Å². The van der Waals surface area contributed by atoms with Gasteiger partial charge in [0.25, 0.3) is 0 Å². The summed E-state index contributed by atoms with van der Waals surface area (Å²) in [7, 11) is 0. The van der Waals surface area contributed by atoms with Crippen molar-refractivity contribution in [3.8, 4) is 0 Å². The number of hydrogen-bond acceptors (Lipinski definition) is 1.